The van der Waals surface area contributed by atoms with Crippen molar-refractivity contribution < 1.29 is 9.18 Å². The largest absolute Gasteiger partial charge is 0.326 e. The quantitative estimate of drug-likeness (QED) is 0.415. The lowest BCUT2D eigenvalue weighted by atomic mass is 10.0. The molecule has 0 aliphatic carbocycles. The number of likely N-dealkylation sites (tertiary alicyclic amines) is 1. The Bertz CT molecular complexity index is 1390. The van der Waals surface area contributed by atoms with Gasteiger partial charge in [0, 0.05) is 50.0 Å². The van der Waals surface area contributed by atoms with E-state index in [0.717, 1.165) is 23.2 Å². The van der Waals surface area contributed by atoms with Crippen LogP contribution in [0.15, 0.2) is 49.1 Å². The fourth-order valence-electron chi connectivity index (χ4n) is 5.24. The van der Waals surface area contributed by atoms with Gasteiger partial charge in [0.15, 0.2) is 11.5 Å². The highest BCUT2D eigenvalue weighted by molar-refractivity contribution is 5.94. The normalized spacial score (nSPS) is 20.7. The first kappa shape index (κ1) is 23.5. The van der Waals surface area contributed by atoms with Gasteiger partial charge in [-0.15, -0.1) is 0 Å². The molecule has 192 valence electrons. The fraction of sp³-hybridized carbons (Fsp3) is 0.423. The zero-order chi connectivity index (χ0) is 25.5. The van der Waals surface area contributed by atoms with Crippen molar-refractivity contribution in [2.24, 2.45) is 5.92 Å². The molecule has 6 rings (SSSR count). The van der Waals surface area contributed by atoms with Gasteiger partial charge in [0.25, 0.3) is 0 Å². The minimum atomic E-state index is -0.756. The zero-order valence-electron chi connectivity index (χ0n) is 21.0. The average molecular weight is 504 g/mol. The van der Waals surface area contributed by atoms with Gasteiger partial charge in [-0.05, 0) is 24.0 Å². The Kier molecular flexibility index (Phi) is 6.07. The van der Waals surface area contributed by atoms with Crippen molar-refractivity contribution in [3.63, 3.8) is 0 Å². The van der Waals surface area contributed by atoms with E-state index in [2.05, 4.69) is 39.0 Å². The lowest BCUT2D eigenvalue weighted by Gasteiger charge is -2.25. The smallest absolute Gasteiger partial charge is 0.321 e. The van der Waals surface area contributed by atoms with E-state index in [0.29, 0.717) is 49.9 Å². The van der Waals surface area contributed by atoms with Crippen LogP contribution in [-0.2, 0) is 0 Å². The van der Waals surface area contributed by atoms with E-state index in [4.69, 9.17) is 4.98 Å². The number of urea groups is 1. The standard InChI is InChI=1S/C26H30FN9O/c1-17(2)22-15-34(12-11-33-9-7-20(27)14-33)26(37)36(22)23-8-10-35-25(31-23)21(13-30-35)18-3-5-19(6-4-18)24-28-16-29-32-24/h3-6,8,10,13,16-17,20,22H,7,9,11-12,14-15H2,1-2H3,(H,28,29,32). The van der Waals surface area contributed by atoms with Gasteiger partial charge in [-0.1, -0.05) is 38.1 Å². The van der Waals surface area contributed by atoms with Crippen molar-refractivity contribution in [2.75, 3.05) is 37.6 Å². The molecule has 11 heteroatoms. The number of alkyl halides is 1. The highest BCUT2D eigenvalue weighted by Crippen LogP contribution is 2.31. The topological polar surface area (TPSA) is 98.5 Å². The molecule has 2 unspecified atom stereocenters. The summed E-state index contributed by atoms with van der Waals surface area (Å²) in [5, 5.41) is 11.3. The van der Waals surface area contributed by atoms with Crippen LogP contribution >= 0.6 is 0 Å². The Labute approximate surface area is 214 Å². The van der Waals surface area contributed by atoms with Crippen LogP contribution in [-0.4, -0.2) is 90.5 Å². The summed E-state index contributed by atoms with van der Waals surface area (Å²) in [6, 6.07) is 9.76. The number of nitrogens with one attached hydrogen (secondary N) is 1. The highest BCUT2D eigenvalue weighted by atomic mass is 19.1. The molecular formula is C26H30FN9O. The number of aromatic amines is 1. The Balaban J connectivity index is 1.27. The second kappa shape index (κ2) is 9.55. The van der Waals surface area contributed by atoms with Gasteiger partial charge in [0.2, 0.25) is 0 Å². The third-order valence-electron chi connectivity index (χ3n) is 7.37. The molecule has 2 aliphatic heterocycles. The molecule has 3 aromatic heterocycles. The molecule has 1 N–H and O–H groups in total. The summed E-state index contributed by atoms with van der Waals surface area (Å²) in [6.45, 7) is 7.37. The van der Waals surface area contributed by atoms with Crippen molar-refractivity contribution in [1.29, 1.82) is 0 Å². The molecule has 2 aliphatic rings. The van der Waals surface area contributed by atoms with Gasteiger partial charge in [0.1, 0.15) is 18.3 Å². The van der Waals surface area contributed by atoms with Gasteiger partial charge in [-0.2, -0.15) is 10.2 Å². The molecule has 0 saturated carbocycles. The number of hydrogen-bond donors (Lipinski definition) is 1. The number of benzene rings is 1. The number of H-pyrrole nitrogens is 1. The van der Waals surface area contributed by atoms with Gasteiger partial charge >= 0.3 is 6.03 Å². The summed E-state index contributed by atoms with van der Waals surface area (Å²) >= 11 is 0. The molecule has 0 radical (unpaired) electrons. The Morgan fingerprint density at radius 2 is 1.92 bits per heavy atom. The first-order chi connectivity index (χ1) is 18.0. The number of aromatic nitrogens is 6. The number of nitrogens with zero attached hydrogens (tertiary/aromatic N) is 8. The number of rotatable bonds is 7. The van der Waals surface area contributed by atoms with Crippen LogP contribution in [0.3, 0.4) is 0 Å². The summed E-state index contributed by atoms with van der Waals surface area (Å²) in [6.07, 6.45) is 4.95. The van der Waals surface area contributed by atoms with E-state index in [-0.39, 0.29) is 18.0 Å². The van der Waals surface area contributed by atoms with Crippen LogP contribution in [0.2, 0.25) is 0 Å². The van der Waals surface area contributed by atoms with Gasteiger partial charge in [0.05, 0.1) is 12.2 Å². The molecule has 4 aromatic rings. The molecule has 1 aromatic carbocycles. The number of carbonyl (C=O) groups excluding carboxylic acids is 1. The lowest BCUT2D eigenvalue weighted by Crippen LogP contribution is -2.39. The van der Waals surface area contributed by atoms with Gasteiger partial charge in [-0.25, -0.2) is 23.7 Å². The summed E-state index contributed by atoms with van der Waals surface area (Å²) in [4.78, 5) is 28.5. The molecule has 2 saturated heterocycles. The van der Waals surface area contributed by atoms with E-state index >= 15 is 0 Å². The predicted molar refractivity (Wildman–Crippen MR) is 138 cm³/mol. The van der Waals surface area contributed by atoms with Crippen molar-refractivity contribution in [2.45, 2.75) is 32.5 Å². The van der Waals surface area contributed by atoms with Crippen molar-refractivity contribution in [3.05, 3.63) is 49.1 Å². The summed E-state index contributed by atoms with van der Waals surface area (Å²) in [7, 11) is 0. The SMILES string of the molecule is CC(C)C1CN(CCN2CCC(F)C2)C(=O)N1c1ccn2ncc(-c3ccc(-c4ncn[nH]4)cc3)c2n1. The summed E-state index contributed by atoms with van der Waals surface area (Å²) < 4.78 is 15.3. The third-order valence-corrected chi connectivity index (χ3v) is 7.37. The molecule has 37 heavy (non-hydrogen) atoms. The number of halogens is 1. The number of fused-ring (bicyclic) bond motifs is 1. The molecule has 0 bridgehead atoms. The molecule has 5 heterocycles. The molecule has 2 atom stereocenters. The Morgan fingerprint density at radius 3 is 2.62 bits per heavy atom. The van der Waals surface area contributed by atoms with Crippen LogP contribution < -0.4 is 4.90 Å². The van der Waals surface area contributed by atoms with Crippen molar-refractivity contribution in [3.8, 4) is 22.5 Å². The van der Waals surface area contributed by atoms with E-state index in [1.807, 2.05) is 46.3 Å². The second-order valence-electron chi connectivity index (χ2n) is 10.1. The van der Waals surface area contributed by atoms with Crippen LogP contribution in [0.5, 0.6) is 0 Å². The number of anilines is 1. The van der Waals surface area contributed by atoms with Crippen LogP contribution in [0.25, 0.3) is 28.2 Å². The van der Waals surface area contributed by atoms with Crippen molar-refractivity contribution >= 4 is 17.5 Å². The number of hydrogen-bond acceptors (Lipinski definition) is 6. The minimum Gasteiger partial charge on any atom is -0.321 e. The Hall–Kier alpha value is -3.86. The van der Waals surface area contributed by atoms with Gasteiger partial charge in [-0.3, -0.25) is 14.9 Å². The Morgan fingerprint density at radius 1 is 1.11 bits per heavy atom. The second-order valence-corrected chi connectivity index (χ2v) is 10.1. The van der Waals surface area contributed by atoms with Gasteiger partial charge < -0.3 is 4.90 Å². The molecular weight excluding hydrogens is 473 g/mol. The van der Waals surface area contributed by atoms with E-state index in [9.17, 15) is 9.18 Å². The van der Waals surface area contributed by atoms with E-state index < -0.39 is 6.17 Å². The summed E-state index contributed by atoms with van der Waals surface area (Å²) in [5.74, 6) is 1.57. The maximum atomic E-state index is 13.6. The zero-order valence-corrected chi connectivity index (χ0v) is 21.0. The minimum absolute atomic E-state index is 0.00233. The van der Waals surface area contributed by atoms with Crippen LogP contribution in [0.4, 0.5) is 15.0 Å². The summed E-state index contributed by atoms with van der Waals surface area (Å²) in [5.41, 5.74) is 3.47. The first-order valence-electron chi connectivity index (χ1n) is 12.7. The van der Waals surface area contributed by atoms with Crippen LogP contribution in [0.1, 0.15) is 20.3 Å². The number of amides is 2. The molecule has 2 fully saturated rings. The van der Waals surface area contributed by atoms with E-state index in [1.165, 1.54) is 6.33 Å². The van der Waals surface area contributed by atoms with Crippen molar-refractivity contribution in [1.82, 2.24) is 39.6 Å². The first-order valence-corrected chi connectivity index (χ1v) is 12.7. The fourth-order valence-corrected chi connectivity index (χ4v) is 5.24. The number of carbonyl (C=O) groups is 1. The molecule has 0 spiro atoms. The maximum Gasteiger partial charge on any atom is 0.326 e. The monoisotopic (exact) mass is 503 g/mol. The average Bonchev–Trinajstić information content (AvgIpc) is 3.70. The highest BCUT2D eigenvalue weighted by Gasteiger charge is 2.40. The third kappa shape index (κ3) is 4.43. The molecule has 10 nitrogen and oxygen atoms in total. The molecule has 2 amide bonds. The maximum absolute atomic E-state index is 13.6. The predicted octanol–water partition coefficient (Wildman–Crippen LogP) is 3.49. The lowest BCUT2D eigenvalue weighted by molar-refractivity contribution is 0.207. The van der Waals surface area contributed by atoms with E-state index in [1.54, 1.807) is 10.7 Å². The van der Waals surface area contributed by atoms with Crippen LogP contribution in [0, 0.1) is 5.92 Å².